The summed E-state index contributed by atoms with van der Waals surface area (Å²) >= 11 is 0. The quantitative estimate of drug-likeness (QED) is 0.214. The average Bonchev–Trinajstić information content (AvgIpc) is 3.03. The third-order valence-electron chi connectivity index (χ3n) is 4.93. The van der Waals surface area contributed by atoms with Crippen LogP contribution in [0.4, 0.5) is 4.79 Å². The number of amides is 3. The molecule has 190 valence electrons. The lowest BCUT2D eigenvalue weighted by molar-refractivity contribution is -0.197. The van der Waals surface area contributed by atoms with Crippen LogP contribution in [0.2, 0.25) is 0 Å². The van der Waals surface area contributed by atoms with Crippen LogP contribution in [-0.4, -0.2) is 61.3 Å². The van der Waals surface area contributed by atoms with Gasteiger partial charge in [0.05, 0.1) is 19.6 Å². The molecule has 1 aromatic rings. The number of benzene rings is 1. The van der Waals surface area contributed by atoms with Crippen LogP contribution in [0.5, 0.6) is 5.75 Å². The van der Waals surface area contributed by atoms with Gasteiger partial charge >= 0.3 is 12.1 Å². The van der Waals surface area contributed by atoms with Crippen molar-refractivity contribution in [3.8, 4) is 5.75 Å². The maximum absolute atomic E-state index is 12.5. The number of ether oxygens (including phenoxy) is 3. The molecular formula is C24H30N2O9. The van der Waals surface area contributed by atoms with Crippen LogP contribution >= 0.6 is 0 Å². The zero-order valence-electron chi connectivity index (χ0n) is 20.5. The van der Waals surface area contributed by atoms with E-state index >= 15 is 0 Å². The van der Waals surface area contributed by atoms with Gasteiger partial charge in [-0.2, -0.15) is 0 Å². The van der Waals surface area contributed by atoms with Gasteiger partial charge in [-0.05, 0) is 31.0 Å². The van der Waals surface area contributed by atoms with Gasteiger partial charge in [0.2, 0.25) is 5.91 Å². The second-order valence-corrected chi connectivity index (χ2v) is 8.58. The molecule has 0 saturated heterocycles. The number of rotatable bonds is 11. The Kier molecular flexibility index (Phi) is 9.52. The van der Waals surface area contributed by atoms with Gasteiger partial charge in [-0.1, -0.05) is 25.0 Å². The summed E-state index contributed by atoms with van der Waals surface area (Å²) in [6.45, 7) is 9.23. The van der Waals surface area contributed by atoms with E-state index in [4.69, 9.17) is 19.0 Å². The predicted molar refractivity (Wildman–Crippen MR) is 122 cm³/mol. The summed E-state index contributed by atoms with van der Waals surface area (Å²) in [5.74, 6) is -2.22. The van der Waals surface area contributed by atoms with Crippen molar-refractivity contribution in [1.29, 1.82) is 0 Å². The number of nitrogens with one attached hydrogen (secondary N) is 1. The molecule has 3 amide bonds. The normalized spacial score (nSPS) is 13.1. The molecule has 0 aromatic heterocycles. The fraction of sp³-hybridized carbons (Fsp3) is 0.458. The van der Waals surface area contributed by atoms with Crippen molar-refractivity contribution in [3.05, 3.63) is 41.0 Å². The van der Waals surface area contributed by atoms with Crippen molar-refractivity contribution in [1.82, 2.24) is 10.4 Å². The van der Waals surface area contributed by atoms with E-state index < -0.39 is 29.4 Å². The SMILES string of the molecule is CC(=O)NCCOCCOC(=O)Oc1cc(C)cc(C)c1C(C)(C)CC(=O)ON1C(=O)C=CC1=O. The number of nitrogens with zero attached hydrogens (tertiary/aromatic N) is 1. The zero-order chi connectivity index (χ0) is 26.2. The Morgan fingerprint density at radius 3 is 2.29 bits per heavy atom. The molecule has 0 fully saturated rings. The maximum atomic E-state index is 12.5. The molecule has 0 atom stereocenters. The molecule has 0 unspecified atom stereocenters. The lowest BCUT2D eigenvalue weighted by atomic mass is 9.78. The van der Waals surface area contributed by atoms with E-state index in [9.17, 15) is 24.0 Å². The van der Waals surface area contributed by atoms with E-state index in [1.54, 1.807) is 19.9 Å². The fourth-order valence-electron chi connectivity index (χ4n) is 3.64. The molecule has 1 N–H and O–H groups in total. The van der Waals surface area contributed by atoms with Crippen molar-refractivity contribution < 1.29 is 43.0 Å². The smallest absolute Gasteiger partial charge is 0.432 e. The third-order valence-corrected chi connectivity index (χ3v) is 4.93. The monoisotopic (exact) mass is 490 g/mol. The number of aryl methyl sites for hydroxylation is 2. The van der Waals surface area contributed by atoms with Gasteiger partial charge in [-0.15, -0.1) is 0 Å². The molecule has 0 bridgehead atoms. The number of hydrogen-bond acceptors (Lipinski definition) is 9. The standard InChI is InChI=1S/C24H30N2O9/c1-15-12-16(2)22(24(4,5)14-21(30)35-26-19(28)6-7-20(26)29)18(13-15)34-23(31)33-11-10-32-9-8-25-17(3)27/h6-7,12-13H,8-11,14H2,1-5H3,(H,25,27). The van der Waals surface area contributed by atoms with Gasteiger partial charge < -0.3 is 24.4 Å². The first-order valence-electron chi connectivity index (χ1n) is 11.0. The van der Waals surface area contributed by atoms with Crippen molar-refractivity contribution in [2.24, 2.45) is 0 Å². The number of carbonyl (C=O) groups excluding carboxylic acids is 5. The molecule has 0 radical (unpaired) electrons. The Bertz CT molecular complexity index is 1010. The first-order chi connectivity index (χ1) is 16.4. The highest BCUT2D eigenvalue weighted by Gasteiger charge is 2.34. The highest BCUT2D eigenvalue weighted by atomic mass is 16.7. The van der Waals surface area contributed by atoms with Gasteiger partial charge in [0.15, 0.2) is 0 Å². The van der Waals surface area contributed by atoms with Crippen LogP contribution in [0.15, 0.2) is 24.3 Å². The van der Waals surface area contributed by atoms with Crippen molar-refractivity contribution >= 4 is 29.8 Å². The Labute approximate surface area is 203 Å². The minimum atomic E-state index is -0.945. The molecule has 1 aromatic carbocycles. The van der Waals surface area contributed by atoms with E-state index in [-0.39, 0.29) is 37.9 Å². The molecule has 1 aliphatic heterocycles. The summed E-state index contributed by atoms with van der Waals surface area (Å²) in [5, 5.41) is 2.97. The zero-order valence-corrected chi connectivity index (χ0v) is 20.5. The highest BCUT2D eigenvalue weighted by molar-refractivity contribution is 6.12. The average molecular weight is 491 g/mol. The summed E-state index contributed by atoms with van der Waals surface area (Å²) in [4.78, 5) is 63.8. The Hall–Kier alpha value is -3.73. The number of hydroxylamine groups is 2. The molecule has 2 rings (SSSR count). The number of carbonyl (C=O) groups is 5. The predicted octanol–water partition coefficient (Wildman–Crippen LogP) is 2.02. The molecule has 1 heterocycles. The number of hydrogen-bond donors (Lipinski definition) is 1. The van der Waals surface area contributed by atoms with Crippen LogP contribution in [0.1, 0.15) is 43.9 Å². The fourth-order valence-corrected chi connectivity index (χ4v) is 3.64. The van der Waals surface area contributed by atoms with Crippen molar-refractivity contribution in [2.75, 3.05) is 26.4 Å². The molecule has 1 aliphatic rings. The van der Waals surface area contributed by atoms with E-state index in [0.717, 1.165) is 23.3 Å². The minimum absolute atomic E-state index is 0.0549. The second kappa shape index (κ2) is 12.1. The second-order valence-electron chi connectivity index (χ2n) is 8.58. The highest BCUT2D eigenvalue weighted by Crippen LogP contribution is 2.38. The lowest BCUT2D eigenvalue weighted by Gasteiger charge is -2.28. The minimum Gasteiger partial charge on any atom is -0.432 e. The van der Waals surface area contributed by atoms with Gasteiger partial charge in [-0.3, -0.25) is 14.4 Å². The summed E-state index contributed by atoms with van der Waals surface area (Å²) in [5.41, 5.74) is 1.27. The van der Waals surface area contributed by atoms with E-state index in [1.807, 2.05) is 19.9 Å². The molecular weight excluding hydrogens is 460 g/mol. The molecule has 0 saturated carbocycles. The van der Waals surface area contributed by atoms with Crippen LogP contribution in [0, 0.1) is 13.8 Å². The van der Waals surface area contributed by atoms with E-state index in [1.165, 1.54) is 6.92 Å². The van der Waals surface area contributed by atoms with Gasteiger partial charge in [0.1, 0.15) is 12.4 Å². The molecule has 35 heavy (non-hydrogen) atoms. The van der Waals surface area contributed by atoms with Gasteiger partial charge in [0, 0.05) is 36.6 Å². The number of imide groups is 1. The Morgan fingerprint density at radius 2 is 1.66 bits per heavy atom. The summed E-state index contributed by atoms with van der Waals surface area (Å²) in [7, 11) is 0. The third kappa shape index (κ3) is 8.21. The topological polar surface area (TPSA) is 138 Å². The van der Waals surface area contributed by atoms with Crippen LogP contribution in [0.25, 0.3) is 0 Å². The van der Waals surface area contributed by atoms with Gasteiger partial charge in [-0.25, -0.2) is 9.59 Å². The largest absolute Gasteiger partial charge is 0.513 e. The molecule has 11 heteroatoms. The van der Waals surface area contributed by atoms with E-state index in [2.05, 4.69) is 5.32 Å². The Morgan fingerprint density at radius 1 is 1.00 bits per heavy atom. The Balaban J connectivity index is 2.01. The first kappa shape index (κ1) is 27.5. The molecule has 0 spiro atoms. The van der Waals surface area contributed by atoms with Gasteiger partial charge in [0.25, 0.3) is 11.8 Å². The summed E-state index contributed by atoms with van der Waals surface area (Å²) in [6.07, 6.45) is 0.869. The summed E-state index contributed by atoms with van der Waals surface area (Å²) < 4.78 is 15.8. The van der Waals surface area contributed by atoms with Crippen LogP contribution in [0.3, 0.4) is 0 Å². The maximum Gasteiger partial charge on any atom is 0.513 e. The molecule has 0 aliphatic carbocycles. The molecule has 11 nitrogen and oxygen atoms in total. The van der Waals surface area contributed by atoms with Crippen LogP contribution < -0.4 is 10.1 Å². The van der Waals surface area contributed by atoms with Crippen LogP contribution in [-0.2, 0) is 38.9 Å². The first-order valence-corrected chi connectivity index (χ1v) is 11.0. The van der Waals surface area contributed by atoms with Crippen molar-refractivity contribution in [3.63, 3.8) is 0 Å². The van der Waals surface area contributed by atoms with Crippen molar-refractivity contribution in [2.45, 2.75) is 46.5 Å². The summed E-state index contributed by atoms with van der Waals surface area (Å²) in [6, 6.07) is 3.53. The van der Waals surface area contributed by atoms with E-state index in [0.29, 0.717) is 17.2 Å². The lowest BCUT2D eigenvalue weighted by Crippen LogP contribution is -2.35.